The number of fused-ring (bicyclic) bond motifs is 1. The van der Waals surface area contributed by atoms with Gasteiger partial charge in [-0.25, -0.2) is 9.67 Å². The van der Waals surface area contributed by atoms with E-state index in [2.05, 4.69) is 15.4 Å². The molecular weight excluding hydrogens is 560 g/mol. The molecule has 4 aromatic rings. The molecule has 226 valence electrons. The minimum atomic E-state index is -4.49. The Kier molecular flexibility index (Phi) is 8.24. The molecule has 1 aliphatic heterocycles. The van der Waals surface area contributed by atoms with Crippen LogP contribution in [0.5, 0.6) is 5.88 Å². The predicted molar refractivity (Wildman–Crippen MR) is 157 cm³/mol. The van der Waals surface area contributed by atoms with Crippen LogP contribution in [0.2, 0.25) is 0 Å². The Morgan fingerprint density at radius 2 is 1.84 bits per heavy atom. The van der Waals surface area contributed by atoms with Crippen LogP contribution in [0.15, 0.2) is 66.9 Å². The van der Waals surface area contributed by atoms with Crippen LogP contribution in [-0.4, -0.2) is 46.2 Å². The molecule has 2 aromatic carbocycles. The molecule has 1 unspecified atom stereocenters. The quantitative estimate of drug-likeness (QED) is 0.151. The van der Waals surface area contributed by atoms with Crippen LogP contribution in [0, 0.1) is 5.95 Å². The first-order chi connectivity index (χ1) is 20.8. The molecule has 1 N–H and O–H groups in total. The average Bonchev–Trinajstić information content (AvgIpc) is 3.71. The van der Waals surface area contributed by atoms with Gasteiger partial charge in [0.25, 0.3) is 0 Å². The number of hydrogen-bond acceptors (Lipinski definition) is 5. The summed E-state index contributed by atoms with van der Waals surface area (Å²) in [6, 6.07) is 16.8. The number of rotatable bonds is 10. The summed E-state index contributed by atoms with van der Waals surface area (Å²) in [5.41, 5.74) is 2.18. The molecule has 0 amide bonds. The first-order valence-corrected chi connectivity index (χ1v) is 14.7. The highest BCUT2D eigenvalue weighted by Gasteiger charge is 2.42. The number of aromatic nitrogens is 3. The smallest absolute Gasteiger partial charge is 0.393 e. The molecule has 0 spiro atoms. The maximum Gasteiger partial charge on any atom is 0.393 e. The van der Waals surface area contributed by atoms with Crippen LogP contribution < -0.4 is 10.1 Å². The third-order valence-corrected chi connectivity index (χ3v) is 8.11. The van der Waals surface area contributed by atoms with Crippen molar-refractivity contribution in [2.24, 2.45) is 0 Å². The lowest BCUT2D eigenvalue weighted by Crippen LogP contribution is -2.36. The third kappa shape index (κ3) is 6.60. The summed E-state index contributed by atoms with van der Waals surface area (Å²) >= 11 is 0. The van der Waals surface area contributed by atoms with Crippen molar-refractivity contribution in [2.75, 3.05) is 19.8 Å². The summed E-state index contributed by atoms with van der Waals surface area (Å²) in [5.74, 6) is -0.307. The lowest BCUT2D eigenvalue weighted by Gasteiger charge is -2.23. The number of nitrogens with one attached hydrogen (secondary N) is 1. The summed E-state index contributed by atoms with van der Waals surface area (Å²) in [4.78, 5) is 4.46. The number of nitrogens with zero attached hydrogens (tertiary/aromatic N) is 3. The van der Waals surface area contributed by atoms with Crippen LogP contribution in [0.3, 0.4) is 0 Å². The summed E-state index contributed by atoms with van der Waals surface area (Å²) < 4.78 is 70.9. The van der Waals surface area contributed by atoms with Crippen molar-refractivity contribution in [1.82, 2.24) is 20.1 Å². The molecule has 2 aliphatic rings. The van der Waals surface area contributed by atoms with Gasteiger partial charge in [-0.1, -0.05) is 43.3 Å². The Bertz CT molecular complexity index is 1590. The van der Waals surface area contributed by atoms with Gasteiger partial charge in [-0.3, -0.25) is 0 Å². The maximum atomic E-state index is 15.3. The fourth-order valence-electron chi connectivity index (χ4n) is 5.81. The highest BCUT2D eigenvalue weighted by atomic mass is 19.4. The Labute approximate surface area is 247 Å². The number of allylic oxidation sites excluding steroid dienone is 1. The van der Waals surface area contributed by atoms with Crippen molar-refractivity contribution < 1.29 is 27.0 Å². The van der Waals surface area contributed by atoms with E-state index in [1.807, 2.05) is 6.92 Å². The Balaban J connectivity index is 1.44. The molecule has 2 aromatic heterocycles. The molecule has 43 heavy (non-hydrogen) atoms. The summed E-state index contributed by atoms with van der Waals surface area (Å²) in [6.45, 7) is 3.91. The Hall–Kier alpha value is -3.76. The number of hydrogen-bond donors (Lipinski definition) is 1. The number of alkyl halides is 3. The Morgan fingerprint density at radius 3 is 2.49 bits per heavy atom. The number of pyridine rings is 1. The average molecular weight is 595 g/mol. The summed E-state index contributed by atoms with van der Waals surface area (Å²) in [5, 5.41) is 7.77. The lowest BCUT2D eigenvalue weighted by molar-refractivity contribution is -0.122. The summed E-state index contributed by atoms with van der Waals surface area (Å²) in [6.07, 6.45) is 0.108. The molecule has 6 rings (SSSR count). The standard InChI is InChI=1S/C33H34F4N4O2/c1-2-39-32(15-16-32)21-43-28-14-12-24(20-38-28)30(26(19-33(35,36)37)22-8-4-3-5-9-22)23-11-13-27-25(18-23)31(34)40-41(27)29-10-6-7-17-42-29/h3-5,8-9,11-14,18,20,29,39H,2,6-7,10,15-17,19,21H2,1H3/b30-26-. The Morgan fingerprint density at radius 1 is 1.05 bits per heavy atom. The van der Waals surface area contributed by atoms with E-state index < -0.39 is 18.5 Å². The van der Waals surface area contributed by atoms with Crippen LogP contribution in [0.25, 0.3) is 22.0 Å². The molecule has 0 bridgehead atoms. The molecule has 0 radical (unpaired) electrons. The zero-order chi connectivity index (χ0) is 30.0. The van der Waals surface area contributed by atoms with Gasteiger partial charge in [-0.15, -0.1) is 5.10 Å². The van der Waals surface area contributed by atoms with Gasteiger partial charge in [0.15, 0.2) is 6.23 Å². The van der Waals surface area contributed by atoms with Crippen LogP contribution >= 0.6 is 0 Å². The van der Waals surface area contributed by atoms with Gasteiger partial charge in [0.05, 0.1) is 22.9 Å². The molecule has 1 aliphatic carbocycles. The van der Waals surface area contributed by atoms with Crippen molar-refractivity contribution in [1.29, 1.82) is 0 Å². The molecule has 1 saturated carbocycles. The van der Waals surface area contributed by atoms with E-state index in [1.54, 1.807) is 65.3 Å². The van der Waals surface area contributed by atoms with E-state index in [4.69, 9.17) is 9.47 Å². The van der Waals surface area contributed by atoms with Gasteiger partial charge < -0.3 is 14.8 Å². The molecular formula is C33H34F4N4O2. The van der Waals surface area contributed by atoms with Gasteiger partial charge in [-0.2, -0.15) is 17.6 Å². The molecule has 1 saturated heterocycles. The molecule has 3 heterocycles. The monoisotopic (exact) mass is 594 g/mol. The number of ether oxygens (including phenoxy) is 2. The largest absolute Gasteiger partial charge is 0.476 e. The zero-order valence-corrected chi connectivity index (χ0v) is 24.0. The number of benzene rings is 2. The van der Waals surface area contributed by atoms with Crippen LogP contribution in [0.1, 0.15) is 68.4 Å². The van der Waals surface area contributed by atoms with Gasteiger partial charge in [0, 0.05) is 24.4 Å². The fourth-order valence-corrected chi connectivity index (χ4v) is 5.81. The SMILES string of the molecule is CCNC1(COc2ccc(/C(=C(/CC(F)(F)F)c3ccccc3)c3ccc4c(c3)c(F)nn4C3CCCCO3)cn2)CC1. The highest BCUT2D eigenvalue weighted by Crippen LogP contribution is 2.41. The second kappa shape index (κ2) is 12.1. The van der Waals surface area contributed by atoms with Crippen molar-refractivity contribution in [3.05, 3.63) is 89.5 Å². The van der Waals surface area contributed by atoms with Crippen molar-refractivity contribution in [2.45, 2.75) is 63.4 Å². The van der Waals surface area contributed by atoms with E-state index in [-0.39, 0.29) is 22.7 Å². The molecule has 6 nitrogen and oxygen atoms in total. The van der Waals surface area contributed by atoms with E-state index in [9.17, 15) is 13.2 Å². The van der Waals surface area contributed by atoms with E-state index in [1.165, 1.54) is 6.20 Å². The van der Waals surface area contributed by atoms with Gasteiger partial charge >= 0.3 is 6.18 Å². The van der Waals surface area contributed by atoms with Gasteiger partial charge in [0.2, 0.25) is 11.8 Å². The first-order valence-electron chi connectivity index (χ1n) is 14.7. The molecule has 1 atom stereocenters. The second-order valence-electron chi connectivity index (χ2n) is 11.3. The molecule has 10 heteroatoms. The van der Waals surface area contributed by atoms with Gasteiger partial charge in [-0.05, 0) is 79.1 Å². The predicted octanol–water partition coefficient (Wildman–Crippen LogP) is 7.70. The zero-order valence-electron chi connectivity index (χ0n) is 24.0. The topological polar surface area (TPSA) is 61.2 Å². The summed E-state index contributed by atoms with van der Waals surface area (Å²) in [7, 11) is 0. The van der Waals surface area contributed by atoms with E-state index >= 15 is 4.39 Å². The minimum absolute atomic E-state index is 0.0417. The van der Waals surface area contributed by atoms with E-state index in [0.717, 1.165) is 32.2 Å². The highest BCUT2D eigenvalue weighted by molar-refractivity contribution is 6.00. The molecule has 2 fully saturated rings. The fraction of sp³-hybridized carbons (Fsp3) is 0.394. The van der Waals surface area contributed by atoms with E-state index in [0.29, 0.717) is 53.3 Å². The third-order valence-electron chi connectivity index (χ3n) is 8.11. The number of likely N-dealkylation sites (N-methyl/N-ethyl adjacent to an activating group) is 1. The van der Waals surface area contributed by atoms with Crippen LogP contribution in [0.4, 0.5) is 17.6 Å². The number of halogens is 4. The van der Waals surface area contributed by atoms with Crippen molar-refractivity contribution in [3.8, 4) is 5.88 Å². The minimum Gasteiger partial charge on any atom is -0.476 e. The second-order valence-corrected chi connectivity index (χ2v) is 11.3. The first kappa shape index (κ1) is 29.3. The van der Waals surface area contributed by atoms with Crippen LogP contribution in [-0.2, 0) is 4.74 Å². The maximum absolute atomic E-state index is 15.3. The normalized spacial score (nSPS) is 18.9. The van der Waals surface area contributed by atoms with Crippen molar-refractivity contribution in [3.63, 3.8) is 0 Å². The van der Waals surface area contributed by atoms with Crippen molar-refractivity contribution >= 4 is 22.0 Å². The lowest BCUT2D eigenvalue weighted by atomic mass is 9.88. The van der Waals surface area contributed by atoms with Gasteiger partial charge in [0.1, 0.15) is 6.61 Å².